The third kappa shape index (κ3) is 2.59. The average Bonchev–Trinajstić information content (AvgIpc) is 3.07. The Kier molecular flexibility index (Phi) is 3.92. The van der Waals surface area contributed by atoms with Gasteiger partial charge in [0, 0.05) is 6.42 Å². The van der Waals surface area contributed by atoms with Crippen LogP contribution in [0.25, 0.3) is 0 Å². The molecule has 0 radical (unpaired) electrons. The molecule has 0 aromatic heterocycles. The van der Waals surface area contributed by atoms with Gasteiger partial charge < -0.3 is 9.64 Å². The first-order valence-electron chi connectivity index (χ1n) is 9.25. The van der Waals surface area contributed by atoms with Gasteiger partial charge in [-0.15, -0.1) is 0 Å². The van der Waals surface area contributed by atoms with E-state index in [1.165, 1.54) is 24.8 Å². The Bertz CT molecular complexity index is 564. The number of carbonyl (C=O) groups excluding carboxylic acids is 1. The van der Waals surface area contributed by atoms with Gasteiger partial charge in [0.2, 0.25) is 5.91 Å². The van der Waals surface area contributed by atoms with E-state index in [2.05, 4.69) is 35.2 Å². The number of nitrogens with zero attached hydrogens (tertiary/aromatic N) is 1. The Hall–Kier alpha value is -1.35. The molecule has 124 valence electrons. The summed E-state index contributed by atoms with van der Waals surface area (Å²) in [4.78, 5) is 14.8. The summed E-state index contributed by atoms with van der Waals surface area (Å²) in [5, 5.41) is 0. The molecule has 1 aromatic rings. The molecule has 23 heavy (non-hydrogen) atoms. The van der Waals surface area contributed by atoms with E-state index < -0.39 is 0 Å². The summed E-state index contributed by atoms with van der Waals surface area (Å²) in [6.07, 6.45) is 10.8. The van der Waals surface area contributed by atoms with Crippen molar-refractivity contribution in [2.45, 2.75) is 75.5 Å². The average molecular weight is 313 g/mol. The highest BCUT2D eigenvalue weighted by Crippen LogP contribution is 2.51. The smallest absolute Gasteiger partial charge is 0.225 e. The lowest BCUT2D eigenvalue weighted by molar-refractivity contribution is -0.155. The molecule has 1 atom stereocenters. The number of benzene rings is 1. The van der Waals surface area contributed by atoms with Crippen molar-refractivity contribution in [1.82, 2.24) is 4.90 Å². The van der Waals surface area contributed by atoms with Crippen LogP contribution in [0.2, 0.25) is 0 Å². The quantitative estimate of drug-likeness (QED) is 0.839. The second-order valence-electron chi connectivity index (χ2n) is 7.59. The van der Waals surface area contributed by atoms with E-state index in [-0.39, 0.29) is 11.3 Å². The first-order chi connectivity index (χ1) is 11.2. The predicted molar refractivity (Wildman–Crippen MR) is 90.0 cm³/mol. The molecule has 4 rings (SSSR count). The Morgan fingerprint density at radius 2 is 1.83 bits per heavy atom. The Balaban J connectivity index is 1.47. The fourth-order valence-electron chi connectivity index (χ4n) is 5.00. The molecule has 1 unspecified atom stereocenters. The summed E-state index contributed by atoms with van der Waals surface area (Å²) in [6.45, 7) is 0.757. The number of rotatable bonds is 4. The fraction of sp³-hybridized carbons (Fsp3) is 0.650. The van der Waals surface area contributed by atoms with Crippen LogP contribution < -0.4 is 0 Å². The van der Waals surface area contributed by atoms with Gasteiger partial charge in [-0.05, 0) is 56.9 Å². The number of carbonyl (C=O) groups is 1. The standard InChI is InChI=1S/C20H27NO2/c22-18-11-15-19(12-7-10-17-8-3-1-4-9-17)16-23-20(21(18)19)13-5-2-6-14-20/h1,3-4,8-9H,2,5-7,10-16H2. The number of hydrogen-bond donors (Lipinski definition) is 0. The monoisotopic (exact) mass is 313 g/mol. The molecular weight excluding hydrogens is 286 g/mol. The molecule has 0 bridgehead atoms. The van der Waals surface area contributed by atoms with Crippen molar-refractivity contribution < 1.29 is 9.53 Å². The maximum atomic E-state index is 12.6. The minimum atomic E-state index is -0.251. The topological polar surface area (TPSA) is 29.5 Å². The third-order valence-electron chi connectivity index (χ3n) is 6.13. The van der Waals surface area contributed by atoms with Gasteiger partial charge in [0.15, 0.2) is 0 Å². The number of hydrogen-bond acceptors (Lipinski definition) is 2. The largest absolute Gasteiger partial charge is 0.353 e. The Morgan fingerprint density at radius 1 is 1.04 bits per heavy atom. The van der Waals surface area contributed by atoms with E-state index >= 15 is 0 Å². The summed E-state index contributed by atoms with van der Waals surface area (Å²) in [7, 11) is 0. The second kappa shape index (κ2) is 5.94. The van der Waals surface area contributed by atoms with Crippen LogP contribution in [0, 0.1) is 0 Å². The molecule has 1 spiro atoms. The van der Waals surface area contributed by atoms with Crippen molar-refractivity contribution in [2.24, 2.45) is 0 Å². The zero-order valence-corrected chi connectivity index (χ0v) is 13.9. The molecule has 2 heterocycles. The minimum absolute atomic E-state index is 0.0107. The van der Waals surface area contributed by atoms with Crippen LogP contribution in [0.15, 0.2) is 30.3 Å². The molecule has 3 nitrogen and oxygen atoms in total. The number of fused-ring (bicyclic) bond motifs is 2. The first-order valence-corrected chi connectivity index (χ1v) is 9.25. The summed E-state index contributed by atoms with van der Waals surface area (Å²) in [6, 6.07) is 10.7. The van der Waals surface area contributed by atoms with Crippen molar-refractivity contribution in [3.63, 3.8) is 0 Å². The van der Waals surface area contributed by atoms with Crippen molar-refractivity contribution in [3.8, 4) is 0 Å². The molecule has 1 aliphatic carbocycles. The van der Waals surface area contributed by atoms with E-state index in [0.717, 1.165) is 51.6 Å². The summed E-state index contributed by atoms with van der Waals surface area (Å²) >= 11 is 0. The number of ether oxygens (including phenoxy) is 1. The van der Waals surface area contributed by atoms with Crippen LogP contribution in [0.5, 0.6) is 0 Å². The zero-order valence-electron chi connectivity index (χ0n) is 13.9. The van der Waals surface area contributed by atoms with Gasteiger partial charge in [-0.1, -0.05) is 36.8 Å². The summed E-state index contributed by atoms with van der Waals surface area (Å²) in [5.74, 6) is 0.337. The first kappa shape index (κ1) is 15.2. The van der Waals surface area contributed by atoms with Crippen molar-refractivity contribution in [1.29, 1.82) is 0 Å². The maximum absolute atomic E-state index is 12.6. The van der Waals surface area contributed by atoms with Gasteiger partial charge in [-0.2, -0.15) is 0 Å². The molecule has 3 aliphatic rings. The lowest BCUT2D eigenvalue weighted by Gasteiger charge is -2.43. The van der Waals surface area contributed by atoms with Crippen LogP contribution in [-0.2, 0) is 16.0 Å². The minimum Gasteiger partial charge on any atom is -0.353 e. The highest BCUT2D eigenvalue weighted by molar-refractivity contribution is 5.81. The molecule has 1 amide bonds. The number of aryl methyl sites for hydroxylation is 1. The van der Waals surface area contributed by atoms with Crippen LogP contribution in [0.4, 0.5) is 0 Å². The zero-order chi connectivity index (χ0) is 15.8. The highest BCUT2D eigenvalue weighted by Gasteiger charge is 2.60. The van der Waals surface area contributed by atoms with Crippen LogP contribution in [-0.4, -0.2) is 28.7 Å². The van der Waals surface area contributed by atoms with Crippen LogP contribution in [0.1, 0.15) is 63.4 Å². The predicted octanol–water partition coefficient (Wildman–Crippen LogP) is 4.06. The van der Waals surface area contributed by atoms with Gasteiger partial charge in [0.25, 0.3) is 0 Å². The molecule has 1 saturated carbocycles. The highest BCUT2D eigenvalue weighted by atomic mass is 16.5. The molecule has 3 fully saturated rings. The lowest BCUT2D eigenvalue weighted by Crippen LogP contribution is -2.54. The van der Waals surface area contributed by atoms with Gasteiger partial charge >= 0.3 is 0 Å². The third-order valence-corrected chi connectivity index (χ3v) is 6.13. The van der Waals surface area contributed by atoms with Crippen LogP contribution >= 0.6 is 0 Å². The molecule has 2 aliphatic heterocycles. The molecule has 0 N–H and O–H groups in total. The molecule has 2 saturated heterocycles. The normalized spacial score (nSPS) is 29.2. The van der Waals surface area contributed by atoms with Crippen molar-refractivity contribution in [3.05, 3.63) is 35.9 Å². The van der Waals surface area contributed by atoms with Crippen molar-refractivity contribution in [2.75, 3.05) is 6.61 Å². The Morgan fingerprint density at radius 3 is 2.61 bits per heavy atom. The maximum Gasteiger partial charge on any atom is 0.225 e. The van der Waals surface area contributed by atoms with Gasteiger partial charge in [0.05, 0.1) is 12.1 Å². The van der Waals surface area contributed by atoms with Crippen molar-refractivity contribution >= 4 is 5.91 Å². The van der Waals surface area contributed by atoms with E-state index in [9.17, 15) is 4.79 Å². The summed E-state index contributed by atoms with van der Waals surface area (Å²) < 4.78 is 6.33. The van der Waals surface area contributed by atoms with E-state index in [0.29, 0.717) is 5.91 Å². The van der Waals surface area contributed by atoms with Gasteiger partial charge in [-0.25, -0.2) is 0 Å². The molecule has 3 heteroatoms. The fourth-order valence-corrected chi connectivity index (χ4v) is 5.00. The van der Waals surface area contributed by atoms with Gasteiger partial charge in [0.1, 0.15) is 5.72 Å². The molecular formula is C20H27NO2. The molecule has 1 aromatic carbocycles. The van der Waals surface area contributed by atoms with E-state index in [1.807, 2.05) is 0 Å². The van der Waals surface area contributed by atoms with E-state index in [4.69, 9.17) is 4.74 Å². The second-order valence-corrected chi connectivity index (χ2v) is 7.59. The number of amides is 1. The van der Waals surface area contributed by atoms with E-state index in [1.54, 1.807) is 0 Å². The lowest BCUT2D eigenvalue weighted by atomic mass is 9.86. The van der Waals surface area contributed by atoms with Crippen LogP contribution in [0.3, 0.4) is 0 Å². The summed E-state index contributed by atoms with van der Waals surface area (Å²) in [5.41, 5.74) is 1.13. The van der Waals surface area contributed by atoms with Gasteiger partial charge in [-0.3, -0.25) is 4.79 Å². The Labute approximate surface area is 139 Å². The SMILES string of the molecule is O=C1CCC2(CCCc3ccccc3)COC3(CCCCC3)N12.